The van der Waals surface area contributed by atoms with Gasteiger partial charge in [0.1, 0.15) is 23.6 Å². The summed E-state index contributed by atoms with van der Waals surface area (Å²) in [5.74, 6) is -3.83. The molecule has 2 aliphatic carbocycles. The van der Waals surface area contributed by atoms with Gasteiger partial charge in [-0.3, -0.25) is 19.2 Å². The molecule has 4 amide bonds. The Hall–Kier alpha value is -3.94. The highest BCUT2D eigenvalue weighted by Gasteiger charge is 2.41. The zero-order valence-corrected chi connectivity index (χ0v) is 29.0. The zero-order valence-electron chi connectivity index (χ0n) is 29.0. The number of aromatic nitrogens is 2. The molecule has 1 saturated heterocycles. The molecule has 1 aromatic carbocycles. The van der Waals surface area contributed by atoms with Crippen molar-refractivity contribution in [2.75, 3.05) is 32.0 Å². The van der Waals surface area contributed by atoms with Gasteiger partial charge in [0.05, 0.1) is 5.69 Å². The van der Waals surface area contributed by atoms with Crippen LogP contribution in [0.2, 0.25) is 0 Å². The monoisotopic (exact) mass is 685 g/mol. The maximum atomic E-state index is 15.7. The number of alkyl halides is 1. The van der Waals surface area contributed by atoms with E-state index in [0.717, 1.165) is 12.8 Å². The van der Waals surface area contributed by atoms with E-state index in [4.69, 9.17) is 4.63 Å². The lowest BCUT2D eigenvalue weighted by molar-refractivity contribution is -0.140. The van der Waals surface area contributed by atoms with Crippen LogP contribution in [0.15, 0.2) is 22.8 Å². The molecule has 268 valence electrons. The Morgan fingerprint density at radius 2 is 1.67 bits per heavy atom. The fraction of sp³-hybridized carbons (Fsp3) is 0.657. The molecule has 2 saturated carbocycles. The second-order valence-electron chi connectivity index (χ2n) is 14.2. The van der Waals surface area contributed by atoms with Gasteiger partial charge in [0.15, 0.2) is 11.9 Å². The van der Waals surface area contributed by atoms with E-state index in [2.05, 4.69) is 38.1 Å². The molecule has 0 bridgehead atoms. The van der Waals surface area contributed by atoms with E-state index in [1.54, 1.807) is 24.8 Å². The molecule has 0 radical (unpaired) electrons. The highest BCUT2D eigenvalue weighted by Crippen LogP contribution is 2.35. The van der Waals surface area contributed by atoms with Crippen molar-refractivity contribution >= 4 is 29.3 Å². The van der Waals surface area contributed by atoms with Gasteiger partial charge in [-0.25, -0.2) is 13.4 Å². The molecule has 3 aliphatic rings. The number of hydrogen-bond acceptors (Lipinski definition) is 8. The number of likely N-dealkylation sites (N-methyl/N-ethyl adjacent to an activating group) is 1. The third-order valence-corrected chi connectivity index (χ3v) is 10.6. The summed E-state index contributed by atoms with van der Waals surface area (Å²) < 4.78 is 35.3. The van der Waals surface area contributed by atoms with Crippen LogP contribution in [0.1, 0.15) is 93.9 Å². The van der Waals surface area contributed by atoms with E-state index < -0.39 is 47.7 Å². The number of carbonyl (C=O) groups excluding carboxylic acids is 4. The number of hydrogen-bond donors (Lipinski definition) is 3. The summed E-state index contributed by atoms with van der Waals surface area (Å²) in [7, 11) is 1.98. The Labute approximate surface area is 286 Å². The minimum atomic E-state index is -1.71. The van der Waals surface area contributed by atoms with Crippen LogP contribution in [0, 0.1) is 23.6 Å². The summed E-state index contributed by atoms with van der Waals surface area (Å²) >= 11 is 0. The molecule has 2 aromatic rings. The molecule has 12 nitrogen and oxygen atoms in total. The third-order valence-electron chi connectivity index (χ3n) is 10.6. The number of carbonyl (C=O) groups is 4. The first-order valence-corrected chi connectivity index (χ1v) is 17.5. The first-order chi connectivity index (χ1) is 23.4. The van der Waals surface area contributed by atoms with Gasteiger partial charge < -0.3 is 25.8 Å². The van der Waals surface area contributed by atoms with Gasteiger partial charge >= 0.3 is 0 Å². The minimum absolute atomic E-state index is 0.00688. The van der Waals surface area contributed by atoms with Crippen LogP contribution < -0.4 is 16.0 Å². The van der Waals surface area contributed by atoms with E-state index in [1.807, 2.05) is 14.0 Å². The molecule has 2 unspecified atom stereocenters. The summed E-state index contributed by atoms with van der Waals surface area (Å²) in [6.07, 6.45) is 3.16. The Kier molecular flexibility index (Phi) is 11.7. The number of amides is 4. The smallest absolute Gasteiger partial charge is 0.276 e. The van der Waals surface area contributed by atoms with Crippen LogP contribution in [-0.4, -0.2) is 94.7 Å². The average molecular weight is 686 g/mol. The number of aryl methyl sites for hydroxylation is 1. The summed E-state index contributed by atoms with van der Waals surface area (Å²) in [5, 5.41) is 15.6. The first kappa shape index (κ1) is 36.3. The second-order valence-corrected chi connectivity index (χ2v) is 14.2. The van der Waals surface area contributed by atoms with Crippen LogP contribution in [0.25, 0.3) is 0 Å². The van der Waals surface area contributed by atoms with Crippen LogP contribution in [0.5, 0.6) is 0 Å². The van der Waals surface area contributed by atoms with Crippen molar-refractivity contribution in [3.63, 3.8) is 0 Å². The zero-order chi connectivity index (χ0) is 35.4. The van der Waals surface area contributed by atoms with Crippen molar-refractivity contribution in [1.29, 1.82) is 0 Å². The van der Waals surface area contributed by atoms with Crippen molar-refractivity contribution in [2.24, 2.45) is 17.8 Å². The van der Waals surface area contributed by atoms with Gasteiger partial charge in [-0.05, 0) is 86.7 Å². The van der Waals surface area contributed by atoms with E-state index in [1.165, 1.54) is 12.1 Å². The largest absolute Gasteiger partial charge is 0.341 e. The number of piperazine rings is 1. The van der Waals surface area contributed by atoms with E-state index in [-0.39, 0.29) is 35.2 Å². The van der Waals surface area contributed by atoms with Crippen LogP contribution in [0.3, 0.4) is 0 Å². The molecule has 5 atom stereocenters. The van der Waals surface area contributed by atoms with E-state index in [9.17, 15) is 23.6 Å². The summed E-state index contributed by atoms with van der Waals surface area (Å²) in [4.78, 5) is 57.4. The Bertz CT molecular complexity index is 1510. The van der Waals surface area contributed by atoms with Gasteiger partial charge in [0, 0.05) is 31.6 Å². The average Bonchev–Trinajstić information content (AvgIpc) is 3.83. The summed E-state index contributed by atoms with van der Waals surface area (Å²) in [5.41, 5.74) is 0.677. The fourth-order valence-corrected chi connectivity index (χ4v) is 6.84. The first-order valence-electron chi connectivity index (χ1n) is 17.5. The molecule has 0 spiro atoms. The fourth-order valence-electron chi connectivity index (χ4n) is 6.84. The number of halogens is 2. The standard InChI is InChI=1S/C35H49F2N7O5/c1-6-26-31(42-49-41-26)34(47)40-30(23-9-7-19(2)8-10-23)33(46)38-27-14-13-24(17-25(27)36)21(4)29(39-32(45)28(37)22-11-12-22)35(48)44-16-15-43(5)20(3)18-44/h13-14,17,19-23,28-30H,6-12,15-16,18H2,1-5H3,(H,38,46)(H,39,45)(H,40,47)/t19-,20-,21+,23-,28?,29?,30+/m1/s1. The van der Waals surface area contributed by atoms with Crippen LogP contribution in [0.4, 0.5) is 14.5 Å². The second kappa shape index (κ2) is 15.7. The molecule has 3 fully saturated rings. The predicted octanol–water partition coefficient (Wildman–Crippen LogP) is 3.83. The van der Waals surface area contributed by atoms with Crippen LogP contribution >= 0.6 is 0 Å². The summed E-state index contributed by atoms with van der Waals surface area (Å²) in [6, 6.07) is 2.23. The third kappa shape index (κ3) is 8.63. The topological polar surface area (TPSA) is 150 Å². The number of nitrogens with one attached hydrogen (secondary N) is 3. The van der Waals surface area contributed by atoms with Gasteiger partial charge in [-0.1, -0.05) is 44.8 Å². The molecule has 1 aliphatic heterocycles. The van der Waals surface area contributed by atoms with Gasteiger partial charge in [0.2, 0.25) is 11.8 Å². The van der Waals surface area contributed by atoms with Gasteiger partial charge in [0.25, 0.3) is 11.8 Å². The Balaban J connectivity index is 1.33. The Morgan fingerprint density at radius 1 is 0.980 bits per heavy atom. The lowest BCUT2D eigenvalue weighted by atomic mass is 9.79. The highest BCUT2D eigenvalue weighted by molar-refractivity contribution is 6.01. The molecule has 2 heterocycles. The van der Waals surface area contributed by atoms with E-state index >= 15 is 4.39 Å². The quantitative estimate of drug-likeness (QED) is 0.305. The van der Waals surface area contributed by atoms with Crippen molar-refractivity contribution in [2.45, 2.75) is 103 Å². The number of benzene rings is 1. The SMILES string of the molecule is CCc1nonc1C(=O)N[C@H](C(=O)Nc1ccc([C@H](C)C(NC(=O)C(F)C2CC2)C(=O)N2CCN(C)[C@H](C)C2)cc1F)[C@H]1CC[C@H](C)CC1. The maximum Gasteiger partial charge on any atom is 0.276 e. The van der Waals surface area contributed by atoms with Crippen LogP contribution in [-0.2, 0) is 20.8 Å². The van der Waals surface area contributed by atoms with Crippen molar-refractivity contribution < 1.29 is 32.6 Å². The highest BCUT2D eigenvalue weighted by atomic mass is 19.1. The normalized spacial score (nSPS) is 24.0. The maximum absolute atomic E-state index is 15.7. The Morgan fingerprint density at radius 3 is 2.31 bits per heavy atom. The predicted molar refractivity (Wildman–Crippen MR) is 178 cm³/mol. The molecule has 1 aromatic heterocycles. The van der Waals surface area contributed by atoms with Crippen molar-refractivity contribution in [3.8, 4) is 0 Å². The van der Waals surface area contributed by atoms with Gasteiger partial charge in [-0.2, -0.15) is 0 Å². The summed E-state index contributed by atoms with van der Waals surface area (Å²) in [6.45, 7) is 9.19. The van der Waals surface area contributed by atoms with E-state index in [0.29, 0.717) is 68.9 Å². The van der Waals surface area contributed by atoms with Crippen molar-refractivity contribution in [1.82, 2.24) is 30.7 Å². The molecule has 14 heteroatoms. The number of nitrogens with zero attached hydrogens (tertiary/aromatic N) is 4. The number of rotatable bonds is 12. The molecule has 5 rings (SSSR count). The van der Waals surface area contributed by atoms with Crippen molar-refractivity contribution in [3.05, 3.63) is 41.0 Å². The molecule has 49 heavy (non-hydrogen) atoms. The number of anilines is 1. The molecular weight excluding hydrogens is 636 g/mol. The lowest BCUT2D eigenvalue weighted by Crippen LogP contribution is -2.58. The lowest BCUT2D eigenvalue weighted by Gasteiger charge is -2.40. The van der Waals surface area contributed by atoms with Gasteiger partial charge in [-0.15, -0.1) is 0 Å². The minimum Gasteiger partial charge on any atom is -0.341 e. The molecule has 3 N–H and O–H groups in total. The molecular formula is C35H49F2N7O5.